The third kappa shape index (κ3) is 3.97. The summed E-state index contributed by atoms with van der Waals surface area (Å²) in [4.78, 5) is 23.2. The molecule has 0 bridgehead atoms. The molecule has 0 N–H and O–H groups in total. The summed E-state index contributed by atoms with van der Waals surface area (Å²) in [6.07, 6.45) is 6.38. The van der Waals surface area contributed by atoms with Gasteiger partial charge in [-0.1, -0.05) is 30.3 Å². The number of carbonyl (C=O) groups excluding carboxylic acids is 1. The summed E-state index contributed by atoms with van der Waals surface area (Å²) >= 11 is 0. The van der Waals surface area contributed by atoms with Crippen molar-refractivity contribution in [2.75, 3.05) is 19.7 Å². The number of ether oxygens (including phenoxy) is 1. The smallest absolute Gasteiger partial charge is 0.248 e. The molecule has 1 aromatic carbocycles. The minimum absolute atomic E-state index is 0.0409. The van der Waals surface area contributed by atoms with Gasteiger partial charge < -0.3 is 14.2 Å². The van der Waals surface area contributed by atoms with E-state index >= 15 is 0 Å². The highest BCUT2D eigenvalue weighted by molar-refractivity contribution is 5.77. The average molecular weight is 376 g/mol. The molecule has 1 aliphatic rings. The lowest BCUT2D eigenvalue weighted by Crippen LogP contribution is -2.32. The molecule has 1 unspecified atom stereocenters. The van der Waals surface area contributed by atoms with Crippen LogP contribution in [0.25, 0.3) is 11.4 Å². The summed E-state index contributed by atoms with van der Waals surface area (Å²) in [7, 11) is 0. The van der Waals surface area contributed by atoms with Crippen LogP contribution in [0.15, 0.2) is 61.1 Å². The highest BCUT2D eigenvalue weighted by Crippen LogP contribution is 2.29. The van der Waals surface area contributed by atoms with Gasteiger partial charge in [0.1, 0.15) is 12.4 Å². The van der Waals surface area contributed by atoms with Crippen molar-refractivity contribution in [2.45, 2.75) is 26.0 Å². The van der Waals surface area contributed by atoms with Crippen LogP contribution in [0.5, 0.6) is 0 Å². The number of carbonyl (C=O) groups is 1. The Bertz CT molecular complexity index is 924. The topological polar surface area (TPSA) is 60.2 Å². The van der Waals surface area contributed by atoms with Gasteiger partial charge in [-0.15, -0.1) is 0 Å². The van der Waals surface area contributed by atoms with E-state index in [0.717, 1.165) is 35.6 Å². The lowest BCUT2D eigenvalue weighted by atomic mass is 10.2. The zero-order chi connectivity index (χ0) is 19.3. The summed E-state index contributed by atoms with van der Waals surface area (Å²) < 4.78 is 7.85. The molecule has 0 saturated carbocycles. The second-order valence-corrected chi connectivity index (χ2v) is 7.10. The Morgan fingerprint density at radius 2 is 2.04 bits per heavy atom. The van der Waals surface area contributed by atoms with Gasteiger partial charge in [0.2, 0.25) is 5.91 Å². The van der Waals surface area contributed by atoms with Gasteiger partial charge >= 0.3 is 0 Å². The van der Waals surface area contributed by atoms with Crippen molar-refractivity contribution in [3.8, 4) is 11.4 Å². The van der Waals surface area contributed by atoms with E-state index in [9.17, 15) is 4.79 Å². The van der Waals surface area contributed by atoms with Crippen molar-refractivity contribution in [3.63, 3.8) is 0 Å². The zero-order valence-electron chi connectivity index (χ0n) is 16.0. The minimum Gasteiger partial charge on any atom is -0.367 e. The highest BCUT2D eigenvalue weighted by atomic mass is 16.5. The fourth-order valence-corrected chi connectivity index (χ4v) is 3.72. The maximum Gasteiger partial charge on any atom is 0.248 e. The van der Waals surface area contributed by atoms with E-state index < -0.39 is 0 Å². The maximum absolute atomic E-state index is 12.6. The van der Waals surface area contributed by atoms with Crippen LogP contribution in [0, 0.1) is 6.92 Å². The SMILES string of the molecule is Cc1cnc(-c2cccnc2)n1C1CCN(C(=O)COCc2ccccc2)C1. The van der Waals surface area contributed by atoms with Gasteiger partial charge in [0.25, 0.3) is 0 Å². The molecule has 144 valence electrons. The summed E-state index contributed by atoms with van der Waals surface area (Å²) in [6.45, 7) is 4.04. The van der Waals surface area contributed by atoms with E-state index in [0.29, 0.717) is 13.2 Å². The standard InChI is InChI=1S/C22H24N4O2/c1-17-12-24-22(19-8-5-10-23-13-19)26(17)20-9-11-25(14-20)21(27)16-28-15-18-6-3-2-4-7-18/h2-8,10,12-13,20H,9,11,14-16H2,1H3. The predicted molar refractivity (Wildman–Crippen MR) is 107 cm³/mol. The molecule has 0 spiro atoms. The first-order chi connectivity index (χ1) is 13.7. The Balaban J connectivity index is 1.38. The fraction of sp³-hybridized carbons (Fsp3) is 0.318. The first kappa shape index (κ1) is 18.4. The van der Waals surface area contributed by atoms with Crippen molar-refractivity contribution in [1.82, 2.24) is 19.4 Å². The van der Waals surface area contributed by atoms with Gasteiger partial charge in [-0.05, 0) is 31.0 Å². The molecule has 2 aromatic heterocycles. The van der Waals surface area contributed by atoms with E-state index in [1.54, 1.807) is 6.20 Å². The van der Waals surface area contributed by atoms with E-state index in [2.05, 4.69) is 21.5 Å². The lowest BCUT2D eigenvalue weighted by molar-refractivity contribution is -0.135. The second-order valence-electron chi connectivity index (χ2n) is 7.10. The van der Waals surface area contributed by atoms with Crippen LogP contribution >= 0.6 is 0 Å². The number of imidazole rings is 1. The zero-order valence-corrected chi connectivity index (χ0v) is 16.0. The Morgan fingerprint density at radius 3 is 2.82 bits per heavy atom. The first-order valence-electron chi connectivity index (χ1n) is 9.56. The molecule has 3 heterocycles. The quantitative estimate of drug-likeness (QED) is 0.663. The normalized spacial score (nSPS) is 16.5. The Labute approximate surface area is 164 Å². The number of amides is 1. The Hall–Kier alpha value is -2.99. The van der Waals surface area contributed by atoms with Gasteiger partial charge in [-0.3, -0.25) is 9.78 Å². The Morgan fingerprint density at radius 1 is 1.18 bits per heavy atom. The van der Waals surface area contributed by atoms with Crippen molar-refractivity contribution < 1.29 is 9.53 Å². The molecule has 1 atom stereocenters. The molecule has 4 rings (SSSR count). The van der Waals surface area contributed by atoms with Crippen LogP contribution in [-0.4, -0.2) is 45.0 Å². The summed E-state index contributed by atoms with van der Waals surface area (Å²) in [6, 6.07) is 14.1. The molecule has 0 aliphatic carbocycles. The average Bonchev–Trinajstić information content (AvgIpc) is 3.36. The molecular formula is C22H24N4O2. The van der Waals surface area contributed by atoms with E-state index in [1.165, 1.54) is 0 Å². The van der Waals surface area contributed by atoms with E-state index in [1.807, 2.05) is 59.8 Å². The summed E-state index contributed by atoms with van der Waals surface area (Å²) in [5.41, 5.74) is 3.16. The van der Waals surface area contributed by atoms with Gasteiger partial charge in [0, 0.05) is 42.9 Å². The van der Waals surface area contributed by atoms with Crippen LogP contribution in [0.3, 0.4) is 0 Å². The second kappa shape index (κ2) is 8.35. The van der Waals surface area contributed by atoms with E-state index in [-0.39, 0.29) is 18.6 Å². The van der Waals surface area contributed by atoms with Crippen LogP contribution in [0.1, 0.15) is 23.7 Å². The van der Waals surface area contributed by atoms with Gasteiger partial charge in [-0.2, -0.15) is 0 Å². The highest BCUT2D eigenvalue weighted by Gasteiger charge is 2.29. The van der Waals surface area contributed by atoms with Crippen molar-refractivity contribution in [1.29, 1.82) is 0 Å². The molecule has 1 fully saturated rings. The largest absolute Gasteiger partial charge is 0.367 e. The monoisotopic (exact) mass is 376 g/mol. The van der Waals surface area contributed by atoms with Crippen molar-refractivity contribution >= 4 is 5.91 Å². The number of nitrogens with zero attached hydrogens (tertiary/aromatic N) is 4. The maximum atomic E-state index is 12.6. The molecule has 3 aromatic rings. The molecule has 1 aliphatic heterocycles. The predicted octanol–water partition coefficient (Wildman–Crippen LogP) is 3.24. The number of aryl methyl sites for hydroxylation is 1. The van der Waals surface area contributed by atoms with Gasteiger partial charge in [0.05, 0.1) is 12.6 Å². The van der Waals surface area contributed by atoms with Gasteiger partial charge in [0.15, 0.2) is 0 Å². The minimum atomic E-state index is 0.0409. The van der Waals surface area contributed by atoms with Gasteiger partial charge in [-0.25, -0.2) is 4.98 Å². The molecule has 6 heteroatoms. The third-order valence-electron chi connectivity index (χ3n) is 5.12. The molecular weight excluding hydrogens is 352 g/mol. The third-order valence-corrected chi connectivity index (χ3v) is 5.12. The summed E-state index contributed by atoms with van der Waals surface area (Å²) in [5.74, 6) is 0.948. The molecule has 0 radical (unpaired) electrons. The Kier molecular flexibility index (Phi) is 5.48. The van der Waals surface area contributed by atoms with Crippen LogP contribution in [-0.2, 0) is 16.1 Å². The number of benzene rings is 1. The van der Waals surface area contributed by atoms with Crippen LogP contribution in [0.2, 0.25) is 0 Å². The fourth-order valence-electron chi connectivity index (χ4n) is 3.72. The van der Waals surface area contributed by atoms with E-state index in [4.69, 9.17) is 4.74 Å². The number of hydrogen-bond acceptors (Lipinski definition) is 4. The lowest BCUT2D eigenvalue weighted by Gasteiger charge is -2.19. The number of hydrogen-bond donors (Lipinski definition) is 0. The van der Waals surface area contributed by atoms with Crippen LogP contribution < -0.4 is 0 Å². The molecule has 28 heavy (non-hydrogen) atoms. The number of likely N-dealkylation sites (tertiary alicyclic amines) is 1. The number of pyridine rings is 1. The van der Waals surface area contributed by atoms with Crippen molar-refractivity contribution in [3.05, 3.63) is 72.3 Å². The summed E-state index contributed by atoms with van der Waals surface area (Å²) in [5, 5.41) is 0. The molecule has 6 nitrogen and oxygen atoms in total. The number of rotatable bonds is 6. The first-order valence-corrected chi connectivity index (χ1v) is 9.56. The molecule has 1 saturated heterocycles. The number of aromatic nitrogens is 3. The van der Waals surface area contributed by atoms with Crippen molar-refractivity contribution in [2.24, 2.45) is 0 Å². The molecule has 1 amide bonds. The van der Waals surface area contributed by atoms with Crippen LogP contribution in [0.4, 0.5) is 0 Å².